The van der Waals surface area contributed by atoms with Crippen LogP contribution in [-0.4, -0.2) is 25.3 Å². The molecule has 2 aromatic rings. The van der Waals surface area contributed by atoms with Gasteiger partial charge in [-0.2, -0.15) is 0 Å². The van der Waals surface area contributed by atoms with Gasteiger partial charge in [-0.05, 0) is 55.0 Å². The van der Waals surface area contributed by atoms with Crippen LogP contribution in [0.1, 0.15) is 12.5 Å². The maximum absolute atomic E-state index is 13.5. The van der Waals surface area contributed by atoms with Crippen LogP contribution in [0.5, 0.6) is 5.75 Å². The fourth-order valence-electron chi connectivity index (χ4n) is 1.79. The standard InChI is InChI=1S/C17H16ClFN2O3/c1-2-23-14-6-3-12(4-7-14)10-20-24-11-17(22)21-16-8-5-13(18)9-15(16)19/h3-10H,2,11H2,1H3,(H,21,22)/b20-10-. The number of nitrogens with zero attached hydrogens (tertiary/aromatic N) is 1. The molecule has 5 nitrogen and oxygen atoms in total. The van der Waals surface area contributed by atoms with Crippen molar-refractivity contribution in [2.24, 2.45) is 5.16 Å². The number of hydrogen-bond acceptors (Lipinski definition) is 4. The Balaban J connectivity index is 1.79. The van der Waals surface area contributed by atoms with Gasteiger partial charge in [0.15, 0.2) is 6.61 Å². The van der Waals surface area contributed by atoms with E-state index >= 15 is 0 Å². The van der Waals surface area contributed by atoms with E-state index in [9.17, 15) is 9.18 Å². The molecule has 2 aromatic carbocycles. The number of halogens is 2. The third-order valence-corrected chi connectivity index (χ3v) is 3.10. The van der Waals surface area contributed by atoms with Crippen molar-refractivity contribution in [1.29, 1.82) is 0 Å². The van der Waals surface area contributed by atoms with E-state index in [0.29, 0.717) is 6.61 Å². The van der Waals surface area contributed by atoms with Gasteiger partial charge >= 0.3 is 0 Å². The highest BCUT2D eigenvalue weighted by Crippen LogP contribution is 2.18. The van der Waals surface area contributed by atoms with Crippen molar-refractivity contribution in [3.05, 3.63) is 58.9 Å². The van der Waals surface area contributed by atoms with Gasteiger partial charge in [0.1, 0.15) is 11.6 Å². The Hall–Kier alpha value is -2.60. The molecule has 0 aliphatic rings. The van der Waals surface area contributed by atoms with Gasteiger partial charge in [-0.15, -0.1) is 0 Å². The Morgan fingerprint density at radius 2 is 2.04 bits per heavy atom. The number of hydrogen-bond donors (Lipinski definition) is 1. The Morgan fingerprint density at radius 1 is 1.29 bits per heavy atom. The van der Waals surface area contributed by atoms with Gasteiger partial charge in [0.05, 0.1) is 18.5 Å². The number of oxime groups is 1. The minimum absolute atomic E-state index is 0.0310. The summed E-state index contributed by atoms with van der Waals surface area (Å²) in [6.07, 6.45) is 1.46. The highest BCUT2D eigenvalue weighted by Gasteiger charge is 2.07. The number of carbonyl (C=O) groups excluding carboxylic acids is 1. The van der Waals surface area contributed by atoms with Crippen LogP contribution in [0.2, 0.25) is 5.02 Å². The van der Waals surface area contributed by atoms with Crippen LogP contribution < -0.4 is 10.1 Å². The van der Waals surface area contributed by atoms with Gasteiger partial charge in [-0.1, -0.05) is 16.8 Å². The van der Waals surface area contributed by atoms with Crippen LogP contribution in [0.15, 0.2) is 47.6 Å². The van der Waals surface area contributed by atoms with Crippen molar-refractivity contribution >= 4 is 29.4 Å². The van der Waals surface area contributed by atoms with Crippen molar-refractivity contribution in [1.82, 2.24) is 0 Å². The average Bonchev–Trinajstić information content (AvgIpc) is 2.56. The number of nitrogens with one attached hydrogen (secondary N) is 1. The van der Waals surface area contributed by atoms with E-state index in [4.69, 9.17) is 21.2 Å². The van der Waals surface area contributed by atoms with Crippen LogP contribution in [0, 0.1) is 5.82 Å². The van der Waals surface area contributed by atoms with Crippen molar-refractivity contribution < 1.29 is 18.8 Å². The molecule has 0 unspecified atom stereocenters. The van der Waals surface area contributed by atoms with Crippen LogP contribution in [0.3, 0.4) is 0 Å². The number of rotatable bonds is 7. The first-order valence-corrected chi connectivity index (χ1v) is 7.59. The third-order valence-electron chi connectivity index (χ3n) is 2.87. The molecule has 0 radical (unpaired) electrons. The number of benzene rings is 2. The molecular weight excluding hydrogens is 335 g/mol. The predicted molar refractivity (Wildman–Crippen MR) is 91.2 cm³/mol. The summed E-state index contributed by atoms with van der Waals surface area (Å²) in [4.78, 5) is 16.5. The van der Waals surface area contributed by atoms with Gasteiger partial charge < -0.3 is 14.9 Å². The summed E-state index contributed by atoms with van der Waals surface area (Å²) in [5, 5.41) is 6.32. The second-order valence-corrected chi connectivity index (χ2v) is 5.12. The van der Waals surface area contributed by atoms with Gasteiger partial charge in [0, 0.05) is 5.02 Å². The average molecular weight is 351 g/mol. The predicted octanol–water partition coefficient (Wildman–Crippen LogP) is 3.87. The molecule has 7 heteroatoms. The SMILES string of the molecule is CCOc1ccc(/C=N\OCC(=O)Nc2ccc(Cl)cc2F)cc1. The van der Waals surface area contributed by atoms with Crippen molar-refractivity contribution in [3.63, 3.8) is 0 Å². The zero-order valence-corrected chi connectivity index (χ0v) is 13.7. The lowest BCUT2D eigenvalue weighted by Gasteiger charge is -2.05. The molecule has 0 saturated carbocycles. The van der Waals surface area contributed by atoms with Crippen molar-refractivity contribution in [2.75, 3.05) is 18.5 Å². The minimum Gasteiger partial charge on any atom is -0.494 e. The molecule has 2 rings (SSSR count). The first-order valence-electron chi connectivity index (χ1n) is 7.21. The molecule has 0 atom stereocenters. The summed E-state index contributed by atoms with van der Waals surface area (Å²) >= 11 is 5.64. The molecule has 0 aromatic heterocycles. The molecule has 1 N–H and O–H groups in total. The molecule has 126 valence electrons. The van der Waals surface area contributed by atoms with Crippen molar-refractivity contribution in [2.45, 2.75) is 6.92 Å². The van der Waals surface area contributed by atoms with Gasteiger partial charge in [-0.3, -0.25) is 4.79 Å². The van der Waals surface area contributed by atoms with E-state index in [2.05, 4.69) is 10.5 Å². The molecule has 24 heavy (non-hydrogen) atoms. The zero-order valence-electron chi connectivity index (χ0n) is 13.0. The number of ether oxygens (including phenoxy) is 1. The van der Waals surface area contributed by atoms with Gasteiger partial charge in [-0.25, -0.2) is 4.39 Å². The maximum Gasteiger partial charge on any atom is 0.265 e. The van der Waals surface area contributed by atoms with Crippen LogP contribution >= 0.6 is 11.6 Å². The summed E-state index contributed by atoms with van der Waals surface area (Å²) in [7, 11) is 0. The summed E-state index contributed by atoms with van der Waals surface area (Å²) in [6.45, 7) is 2.17. The molecule has 0 aliphatic heterocycles. The molecular formula is C17H16ClFN2O3. The number of carbonyl (C=O) groups is 1. The minimum atomic E-state index is -0.617. The van der Waals surface area contributed by atoms with Crippen molar-refractivity contribution in [3.8, 4) is 5.75 Å². The second-order valence-electron chi connectivity index (χ2n) is 4.68. The van der Waals surface area contributed by atoms with E-state index in [-0.39, 0.29) is 17.3 Å². The highest BCUT2D eigenvalue weighted by atomic mass is 35.5. The molecule has 0 aliphatic carbocycles. The fourth-order valence-corrected chi connectivity index (χ4v) is 1.95. The maximum atomic E-state index is 13.5. The quantitative estimate of drug-likeness (QED) is 0.609. The monoisotopic (exact) mass is 350 g/mol. The summed E-state index contributed by atoms with van der Waals surface area (Å²) < 4.78 is 18.9. The first kappa shape index (κ1) is 17.7. The molecule has 0 bridgehead atoms. The smallest absolute Gasteiger partial charge is 0.265 e. The van der Waals surface area contributed by atoms with E-state index < -0.39 is 11.7 Å². The Kier molecular flexibility index (Phi) is 6.57. The molecule has 0 saturated heterocycles. The topological polar surface area (TPSA) is 59.9 Å². The Labute approximate surface area is 144 Å². The lowest BCUT2D eigenvalue weighted by molar-refractivity contribution is -0.120. The molecule has 1 amide bonds. The van der Waals surface area contributed by atoms with Crippen LogP contribution in [0.25, 0.3) is 0 Å². The lowest BCUT2D eigenvalue weighted by atomic mass is 10.2. The second kappa shape index (κ2) is 8.88. The largest absolute Gasteiger partial charge is 0.494 e. The summed E-state index contributed by atoms with van der Waals surface area (Å²) in [6, 6.07) is 11.2. The molecule has 0 spiro atoms. The molecule has 0 heterocycles. The van der Waals surface area contributed by atoms with Crippen LogP contribution in [0.4, 0.5) is 10.1 Å². The third kappa shape index (κ3) is 5.55. The number of amides is 1. The summed E-state index contributed by atoms with van der Waals surface area (Å²) in [5.74, 6) is -0.381. The summed E-state index contributed by atoms with van der Waals surface area (Å²) in [5.41, 5.74) is 0.825. The molecule has 0 fully saturated rings. The van der Waals surface area contributed by atoms with E-state index in [1.54, 1.807) is 24.3 Å². The first-order chi connectivity index (χ1) is 11.6. The highest BCUT2D eigenvalue weighted by molar-refractivity contribution is 6.30. The fraction of sp³-hybridized carbons (Fsp3) is 0.176. The van der Waals surface area contributed by atoms with Gasteiger partial charge in [0.25, 0.3) is 5.91 Å². The Morgan fingerprint density at radius 3 is 2.71 bits per heavy atom. The van der Waals surface area contributed by atoms with E-state index in [1.165, 1.54) is 18.3 Å². The Bertz CT molecular complexity index is 720. The van der Waals surface area contributed by atoms with Gasteiger partial charge in [0.2, 0.25) is 0 Å². The van der Waals surface area contributed by atoms with Crippen LogP contribution in [-0.2, 0) is 9.63 Å². The zero-order chi connectivity index (χ0) is 17.4. The number of anilines is 1. The van der Waals surface area contributed by atoms with E-state index in [0.717, 1.165) is 17.4 Å². The van der Waals surface area contributed by atoms with E-state index in [1.807, 2.05) is 6.92 Å². The normalized spacial score (nSPS) is 10.6. The lowest BCUT2D eigenvalue weighted by Crippen LogP contribution is -2.17.